The van der Waals surface area contributed by atoms with Gasteiger partial charge in [0, 0.05) is 26.7 Å². The van der Waals surface area contributed by atoms with Crippen LogP contribution in [0.3, 0.4) is 0 Å². The van der Waals surface area contributed by atoms with E-state index in [2.05, 4.69) is 71.5 Å². The minimum atomic E-state index is 0.538. The third-order valence-corrected chi connectivity index (χ3v) is 3.21. The first kappa shape index (κ1) is 9.06. The van der Waals surface area contributed by atoms with Crippen LogP contribution in [0.15, 0.2) is 30.5 Å². The van der Waals surface area contributed by atoms with Crippen molar-refractivity contribution in [3.63, 3.8) is 0 Å². The predicted octanol–water partition coefficient (Wildman–Crippen LogP) is 3.83. The minimum absolute atomic E-state index is 0.538. The quantitative estimate of drug-likeness (QED) is 0.702. The van der Waals surface area contributed by atoms with Gasteiger partial charge in [0.15, 0.2) is 0 Å². The molecule has 0 saturated carbocycles. The van der Waals surface area contributed by atoms with Crippen LogP contribution in [-0.4, -0.2) is 4.57 Å². The molecule has 13 heavy (non-hydrogen) atoms. The Kier molecular flexibility index (Phi) is 2.32. The van der Waals surface area contributed by atoms with Gasteiger partial charge in [-0.15, -0.1) is 0 Å². The topological polar surface area (TPSA) is 4.93 Å². The lowest BCUT2D eigenvalue weighted by molar-refractivity contribution is 0.623. The van der Waals surface area contributed by atoms with Crippen LogP contribution in [0.4, 0.5) is 0 Å². The van der Waals surface area contributed by atoms with Crippen molar-refractivity contribution in [1.29, 1.82) is 0 Å². The molecule has 1 aromatic carbocycles. The van der Waals surface area contributed by atoms with Crippen LogP contribution in [0, 0.1) is 3.57 Å². The maximum absolute atomic E-state index is 2.38. The van der Waals surface area contributed by atoms with E-state index in [9.17, 15) is 0 Å². The first-order valence-corrected chi connectivity index (χ1v) is 5.53. The molecule has 1 aromatic heterocycles. The number of aromatic nitrogens is 1. The molecule has 0 aliphatic heterocycles. The highest BCUT2D eigenvalue weighted by atomic mass is 127. The van der Waals surface area contributed by atoms with Gasteiger partial charge in [-0.2, -0.15) is 0 Å². The Balaban J connectivity index is 2.75. The molecular formula is C11H12IN. The number of hydrogen-bond donors (Lipinski definition) is 0. The summed E-state index contributed by atoms with van der Waals surface area (Å²) in [6.07, 6.45) is 2.16. The highest BCUT2D eigenvalue weighted by Crippen LogP contribution is 2.23. The standard InChI is InChI=1S/C11H12IN/c1-8(2)13-7-6-9-10(12)4-3-5-11(9)13/h3-8H,1-2H3. The molecule has 0 atom stereocenters. The van der Waals surface area contributed by atoms with Crippen LogP contribution >= 0.6 is 22.6 Å². The Hall–Kier alpha value is -0.510. The largest absolute Gasteiger partial charge is 0.345 e. The summed E-state index contributed by atoms with van der Waals surface area (Å²) in [6.45, 7) is 4.42. The zero-order valence-corrected chi connectivity index (χ0v) is 9.95. The number of halogens is 1. The van der Waals surface area contributed by atoms with E-state index < -0.39 is 0 Å². The molecule has 0 fully saturated rings. The summed E-state index contributed by atoms with van der Waals surface area (Å²) in [5, 5.41) is 1.36. The van der Waals surface area contributed by atoms with Gasteiger partial charge in [0.05, 0.1) is 0 Å². The van der Waals surface area contributed by atoms with Crippen molar-refractivity contribution in [2.24, 2.45) is 0 Å². The van der Waals surface area contributed by atoms with Crippen LogP contribution in [0.25, 0.3) is 10.9 Å². The molecule has 2 aromatic rings. The van der Waals surface area contributed by atoms with E-state index in [-0.39, 0.29) is 0 Å². The summed E-state index contributed by atoms with van der Waals surface area (Å²) < 4.78 is 3.63. The van der Waals surface area contributed by atoms with Gasteiger partial charge in [0.2, 0.25) is 0 Å². The van der Waals surface area contributed by atoms with Crippen LogP contribution in [0.2, 0.25) is 0 Å². The molecular weight excluding hydrogens is 273 g/mol. The molecule has 0 spiro atoms. The summed E-state index contributed by atoms with van der Waals surface area (Å²) in [5.74, 6) is 0. The monoisotopic (exact) mass is 285 g/mol. The average Bonchev–Trinajstić information content (AvgIpc) is 2.48. The molecule has 0 amide bonds. The van der Waals surface area contributed by atoms with Gasteiger partial charge in [-0.05, 0) is 54.6 Å². The van der Waals surface area contributed by atoms with Gasteiger partial charge < -0.3 is 4.57 Å². The Morgan fingerprint density at radius 2 is 2.00 bits per heavy atom. The Labute approximate surface area is 91.9 Å². The molecule has 68 valence electrons. The van der Waals surface area contributed by atoms with Crippen LogP contribution in [0.5, 0.6) is 0 Å². The maximum Gasteiger partial charge on any atom is 0.0493 e. The van der Waals surface area contributed by atoms with Gasteiger partial charge in [-0.1, -0.05) is 6.07 Å². The van der Waals surface area contributed by atoms with Crippen molar-refractivity contribution in [3.05, 3.63) is 34.0 Å². The summed E-state index contributed by atoms with van der Waals surface area (Å²) >= 11 is 2.38. The van der Waals surface area contributed by atoms with E-state index in [1.807, 2.05) is 0 Å². The molecule has 0 aliphatic carbocycles. The number of hydrogen-bond acceptors (Lipinski definition) is 0. The van der Waals surface area contributed by atoms with Gasteiger partial charge in [0.25, 0.3) is 0 Å². The fraction of sp³-hybridized carbons (Fsp3) is 0.273. The van der Waals surface area contributed by atoms with E-state index >= 15 is 0 Å². The molecule has 0 N–H and O–H groups in total. The molecule has 0 aliphatic rings. The van der Waals surface area contributed by atoms with Crippen molar-refractivity contribution in [2.75, 3.05) is 0 Å². The summed E-state index contributed by atoms with van der Waals surface area (Å²) in [5.41, 5.74) is 1.34. The molecule has 0 saturated heterocycles. The number of fused-ring (bicyclic) bond motifs is 1. The molecule has 0 bridgehead atoms. The fourth-order valence-electron chi connectivity index (χ4n) is 1.60. The number of nitrogens with zero attached hydrogens (tertiary/aromatic N) is 1. The molecule has 2 rings (SSSR count). The van der Waals surface area contributed by atoms with E-state index in [1.165, 1.54) is 14.5 Å². The second kappa shape index (κ2) is 3.33. The van der Waals surface area contributed by atoms with E-state index in [0.29, 0.717) is 6.04 Å². The zero-order chi connectivity index (χ0) is 9.42. The SMILES string of the molecule is CC(C)n1ccc2c(I)cccc21. The van der Waals surface area contributed by atoms with Crippen molar-refractivity contribution >= 4 is 33.5 Å². The lowest BCUT2D eigenvalue weighted by Crippen LogP contribution is -1.97. The molecule has 0 unspecified atom stereocenters. The molecule has 0 radical (unpaired) electrons. The molecule has 1 heterocycles. The van der Waals surface area contributed by atoms with E-state index in [1.54, 1.807) is 0 Å². The molecule has 2 heteroatoms. The summed E-state index contributed by atoms with van der Waals surface area (Å²) in [6, 6.07) is 9.17. The first-order valence-electron chi connectivity index (χ1n) is 4.45. The van der Waals surface area contributed by atoms with Crippen LogP contribution in [0.1, 0.15) is 19.9 Å². The minimum Gasteiger partial charge on any atom is -0.345 e. The van der Waals surface area contributed by atoms with Gasteiger partial charge >= 0.3 is 0 Å². The Bertz CT molecular complexity index is 429. The average molecular weight is 285 g/mol. The normalized spacial score (nSPS) is 11.4. The predicted molar refractivity (Wildman–Crippen MR) is 65.0 cm³/mol. The van der Waals surface area contributed by atoms with Crippen molar-refractivity contribution < 1.29 is 0 Å². The van der Waals surface area contributed by atoms with Crippen molar-refractivity contribution in [3.8, 4) is 0 Å². The Morgan fingerprint density at radius 1 is 1.23 bits per heavy atom. The van der Waals surface area contributed by atoms with E-state index in [0.717, 1.165) is 0 Å². The number of rotatable bonds is 1. The second-order valence-corrected chi connectivity index (χ2v) is 4.65. The van der Waals surface area contributed by atoms with Crippen molar-refractivity contribution in [2.45, 2.75) is 19.9 Å². The first-order chi connectivity index (χ1) is 6.20. The smallest absolute Gasteiger partial charge is 0.0493 e. The maximum atomic E-state index is 2.38. The van der Waals surface area contributed by atoms with Gasteiger partial charge in [0.1, 0.15) is 0 Å². The van der Waals surface area contributed by atoms with Crippen molar-refractivity contribution in [1.82, 2.24) is 4.57 Å². The molecule has 1 nitrogen and oxygen atoms in total. The second-order valence-electron chi connectivity index (χ2n) is 3.49. The van der Waals surface area contributed by atoms with Crippen LogP contribution in [-0.2, 0) is 0 Å². The summed E-state index contributed by atoms with van der Waals surface area (Å²) in [4.78, 5) is 0. The third kappa shape index (κ3) is 1.47. The number of benzene rings is 1. The van der Waals surface area contributed by atoms with Gasteiger partial charge in [-0.25, -0.2) is 0 Å². The highest BCUT2D eigenvalue weighted by Gasteiger charge is 2.04. The highest BCUT2D eigenvalue weighted by molar-refractivity contribution is 14.1. The Morgan fingerprint density at radius 3 is 2.69 bits per heavy atom. The zero-order valence-electron chi connectivity index (χ0n) is 7.79. The fourth-order valence-corrected chi connectivity index (χ4v) is 2.26. The summed E-state index contributed by atoms with van der Waals surface area (Å²) in [7, 11) is 0. The van der Waals surface area contributed by atoms with Crippen LogP contribution < -0.4 is 0 Å². The lowest BCUT2D eigenvalue weighted by Gasteiger charge is -2.08. The van der Waals surface area contributed by atoms with E-state index in [4.69, 9.17) is 0 Å². The third-order valence-electron chi connectivity index (χ3n) is 2.27. The lowest BCUT2D eigenvalue weighted by atomic mass is 10.2. The van der Waals surface area contributed by atoms with Gasteiger partial charge in [-0.3, -0.25) is 0 Å².